The molecular weight excluding hydrogens is 453 g/mol. The van der Waals surface area contributed by atoms with Crippen molar-refractivity contribution in [2.24, 2.45) is 0 Å². The first-order chi connectivity index (χ1) is 15.8. The fourth-order valence-corrected chi connectivity index (χ4v) is 4.07. The second-order valence-corrected chi connectivity index (χ2v) is 8.53. The zero-order valence-electron chi connectivity index (χ0n) is 18.0. The Labute approximate surface area is 193 Å². The van der Waals surface area contributed by atoms with Crippen LogP contribution in [-0.2, 0) is 11.0 Å². The van der Waals surface area contributed by atoms with Gasteiger partial charge < -0.3 is 4.74 Å². The van der Waals surface area contributed by atoms with Gasteiger partial charge in [-0.1, -0.05) is 55.9 Å². The molecule has 6 nitrogen and oxygen atoms in total. The molecule has 1 atom stereocenters. The number of thioether (sulfide) groups is 1. The van der Waals surface area contributed by atoms with Crippen LogP contribution >= 0.6 is 11.8 Å². The number of hydrogen-bond donors (Lipinski definition) is 0. The number of carbonyl (C=O) groups excluding carboxylic acids is 1. The Balaban J connectivity index is 1.89. The molecule has 2 aromatic carbocycles. The Hall–Kier alpha value is -3.14. The van der Waals surface area contributed by atoms with Gasteiger partial charge in [-0.05, 0) is 30.4 Å². The molecule has 0 aliphatic carbocycles. The van der Waals surface area contributed by atoms with Crippen molar-refractivity contribution in [3.63, 3.8) is 0 Å². The smallest absolute Gasteiger partial charge is 0.416 e. The van der Waals surface area contributed by atoms with Gasteiger partial charge in [0.25, 0.3) is 0 Å². The van der Waals surface area contributed by atoms with Crippen molar-refractivity contribution in [2.45, 2.75) is 44.2 Å². The number of halogens is 3. The highest BCUT2D eigenvalue weighted by Gasteiger charge is 2.36. The number of rotatable bonds is 5. The Kier molecular flexibility index (Phi) is 6.55. The van der Waals surface area contributed by atoms with Gasteiger partial charge in [0.1, 0.15) is 0 Å². The lowest BCUT2D eigenvalue weighted by Gasteiger charge is -2.31. The molecule has 1 aromatic heterocycles. The van der Waals surface area contributed by atoms with E-state index in [-0.39, 0.29) is 18.2 Å². The minimum atomic E-state index is -4.47. The number of carbonyl (C=O) groups is 1. The first-order valence-electron chi connectivity index (χ1n) is 10.5. The molecule has 0 unspecified atom stereocenters. The van der Waals surface area contributed by atoms with Crippen LogP contribution in [0.1, 0.15) is 44.0 Å². The molecule has 1 amide bonds. The van der Waals surface area contributed by atoms with Crippen LogP contribution in [0.15, 0.2) is 53.7 Å². The summed E-state index contributed by atoms with van der Waals surface area (Å²) in [6.07, 6.45) is -4.66. The van der Waals surface area contributed by atoms with Crippen molar-refractivity contribution in [1.82, 2.24) is 15.2 Å². The largest absolute Gasteiger partial charge is 0.447 e. The topological polar surface area (TPSA) is 68.2 Å². The quantitative estimate of drug-likeness (QED) is 0.429. The minimum Gasteiger partial charge on any atom is -0.447 e. The lowest BCUT2D eigenvalue weighted by atomic mass is 10.1. The molecule has 0 saturated carbocycles. The first-order valence-corrected chi connectivity index (χ1v) is 11.4. The van der Waals surface area contributed by atoms with Gasteiger partial charge in [0, 0.05) is 17.5 Å². The first kappa shape index (κ1) is 23.0. The van der Waals surface area contributed by atoms with Crippen LogP contribution in [0.2, 0.25) is 0 Å². The van der Waals surface area contributed by atoms with Crippen molar-refractivity contribution in [3.8, 4) is 17.1 Å². The third-order valence-electron chi connectivity index (χ3n) is 5.04. The lowest BCUT2D eigenvalue weighted by molar-refractivity contribution is -0.137. The third kappa shape index (κ3) is 4.66. The van der Waals surface area contributed by atoms with Crippen molar-refractivity contribution in [3.05, 3.63) is 59.7 Å². The van der Waals surface area contributed by atoms with Crippen LogP contribution in [0.4, 0.5) is 18.9 Å². The molecular formula is C23H21F3N4O2S. The molecule has 172 valence electrons. The summed E-state index contributed by atoms with van der Waals surface area (Å²) in [5.74, 6) is 0.671. The Morgan fingerprint density at radius 3 is 2.48 bits per heavy atom. The molecule has 2 heterocycles. The second-order valence-electron chi connectivity index (χ2n) is 7.30. The van der Waals surface area contributed by atoms with Gasteiger partial charge in [0.2, 0.25) is 23.2 Å². The molecule has 3 aromatic rings. The molecule has 1 aliphatic heterocycles. The molecule has 0 spiro atoms. The van der Waals surface area contributed by atoms with E-state index in [1.54, 1.807) is 24.3 Å². The van der Waals surface area contributed by atoms with E-state index in [0.717, 1.165) is 17.9 Å². The van der Waals surface area contributed by atoms with Crippen LogP contribution < -0.4 is 9.64 Å². The summed E-state index contributed by atoms with van der Waals surface area (Å²) in [6, 6.07) is 11.7. The number of benzene rings is 2. The van der Waals surface area contributed by atoms with E-state index in [0.29, 0.717) is 34.1 Å². The second kappa shape index (κ2) is 9.38. The Morgan fingerprint density at radius 1 is 1.09 bits per heavy atom. The fraction of sp³-hybridized carbons (Fsp3) is 0.304. The van der Waals surface area contributed by atoms with Gasteiger partial charge in [0.15, 0.2) is 5.69 Å². The van der Waals surface area contributed by atoms with Gasteiger partial charge in [-0.25, -0.2) is 0 Å². The highest BCUT2D eigenvalue weighted by atomic mass is 32.2. The van der Waals surface area contributed by atoms with E-state index in [2.05, 4.69) is 15.2 Å². The summed E-state index contributed by atoms with van der Waals surface area (Å²) in [7, 11) is 0. The fourth-order valence-electron chi connectivity index (χ4n) is 3.56. The molecule has 0 saturated heterocycles. The number of ether oxygens (including phenoxy) is 1. The molecule has 0 N–H and O–H groups in total. The molecule has 0 radical (unpaired) electrons. The average Bonchev–Trinajstić information content (AvgIpc) is 2.93. The van der Waals surface area contributed by atoms with E-state index in [1.807, 2.05) is 13.8 Å². The van der Waals surface area contributed by atoms with Crippen LogP contribution in [0, 0.1) is 0 Å². The van der Waals surface area contributed by atoms with Gasteiger partial charge in [0.05, 0.1) is 11.3 Å². The summed E-state index contributed by atoms with van der Waals surface area (Å²) >= 11 is 1.38. The number of nitrogens with zero attached hydrogens (tertiary/aromatic N) is 4. The molecule has 1 aliphatic rings. The number of hydrogen-bond acceptors (Lipinski definition) is 6. The van der Waals surface area contributed by atoms with Crippen LogP contribution in [0.5, 0.6) is 5.88 Å². The van der Waals surface area contributed by atoms with Gasteiger partial charge in [-0.2, -0.15) is 18.2 Å². The van der Waals surface area contributed by atoms with Gasteiger partial charge in [-0.15, -0.1) is 10.2 Å². The molecule has 0 fully saturated rings. The molecule has 0 bridgehead atoms. The minimum absolute atomic E-state index is 0.171. The third-order valence-corrected chi connectivity index (χ3v) is 5.76. The van der Waals surface area contributed by atoms with E-state index in [4.69, 9.17) is 4.74 Å². The number of aromatic nitrogens is 3. The summed E-state index contributed by atoms with van der Waals surface area (Å²) in [5.41, 5.74) is 1.12. The highest BCUT2D eigenvalue weighted by Crippen LogP contribution is 2.44. The summed E-state index contributed by atoms with van der Waals surface area (Å²) in [5, 5.41) is 8.88. The van der Waals surface area contributed by atoms with E-state index < -0.39 is 18.0 Å². The number of fused-ring (bicyclic) bond motifs is 3. The predicted molar refractivity (Wildman–Crippen MR) is 119 cm³/mol. The zero-order valence-corrected chi connectivity index (χ0v) is 18.8. The summed E-state index contributed by atoms with van der Waals surface area (Å²) < 4.78 is 45.6. The van der Waals surface area contributed by atoms with Gasteiger partial charge in [-0.3, -0.25) is 9.69 Å². The standard InChI is InChI=1S/C23H21F3N4O2S/c1-3-7-18(31)30-17-9-6-5-8-16(17)19-20(27-22(29-28-19)33-4-2)32-21(30)14-10-12-15(13-11-14)23(24,25)26/h5-6,8-13,21H,3-4,7H2,1-2H3/t21-/m0/s1. The molecule has 10 heteroatoms. The van der Waals surface area contributed by atoms with E-state index in [9.17, 15) is 18.0 Å². The Morgan fingerprint density at radius 2 is 1.82 bits per heavy atom. The van der Waals surface area contributed by atoms with E-state index >= 15 is 0 Å². The van der Waals surface area contributed by atoms with E-state index in [1.165, 1.54) is 28.8 Å². The monoisotopic (exact) mass is 474 g/mol. The SMILES string of the molecule is CCCC(=O)N1c2ccccc2-c2nnc(SCC)nc2O[C@H]1c1ccc(C(F)(F)F)cc1. The maximum absolute atomic E-state index is 13.2. The van der Waals surface area contributed by atoms with Crippen molar-refractivity contribution in [2.75, 3.05) is 10.7 Å². The lowest BCUT2D eigenvalue weighted by Crippen LogP contribution is -2.37. The van der Waals surface area contributed by atoms with Crippen molar-refractivity contribution in [1.29, 1.82) is 0 Å². The predicted octanol–water partition coefficient (Wildman–Crippen LogP) is 5.89. The van der Waals surface area contributed by atoms with Crippen LogP contribution in [0.25, 0.3) is 11.3 Å². The average molecular weight is 475 g/mol. The molecule has 4 rings (SSSR count). The Bertz CT molecular complexity index is 1160. The number of anilines is 1. The van der Waals surface area contributed by atoms with Crippen LogP contribution in [0.3, 0.4) is 0 Å². The summed E-state index contributed by atoms with van der Waals surface area (Å²) in [4.78, 5) is 19.2. The van der Waals surface area contributed by atoms with Crippen LogP contribution in [-0.4, -0.2) is 26.8 Å². The zero-order chi connectivity index (χ0) is 23.6. The number of amides is 1. The van der Waals surface area contributed by atoms with Gasteiger partial charge >= 0.3 is 6.18 Å². The number of alkyl halides is 3. The molecule has 33 heavy (non-hydrogen) atoms. The summed E-state index contributed by atoms with van der Waals surface area (Å²) in [6.45, 7) is 3.83. The van der Waals surface area contributed by atoms with Crippen molar-refractivity contribution >= 4 is 23.4 Å². The van der Waals surface area contributed by atoms with Crippen molar-refractivity contribution < 1.29 is 22.7 Å². The maximum Gasteiger partial charge on any atom is 0.416 e. The highest BCUT2D eigenvalue weighted by molar-refractivity contribution is 7.99. The number of para-hydroxylation sites is 1. The maximum atomic E-state index is 13.2. The normalized spacial score (nSPS) is 15.3.